The molecule has 0 aromatic heterocycles. The molecule has 3 N–H and O–H groups in total. The molecule has 160 valence electrons. The van der Waals surface area contributed by atoms with Gasteiger partial charge in [-0.1, -0.05) is 19.9 Å². The summed E-state index contributed by atoms with van der Waals surface area (Å²) < 4.78 is 11.3. The molecule has 9 atom stereocenters. The average molecular weight is 406 g/mol. The number of ether oxygens (including phenoxy) is 2. The number of carbonyl (C=O) groups is 2. The Hall–Kier alpha value is -1.28. The summed E-state index contributed by atoms with van der Waals surface area (Å²) in [5, 5.41) is 34.5. The number of aliphatic hydroxyl groups excluding tert-OH is 2. The molecular formula is C22H30O7. The lowest BCUT2D eigenvalue weighted by Gasteiger charge is -2.74. The van der Waals surface area contributed by atoms with Gasteiger partial charge in [-0.15, -0.1) is 0 Å². The van der Waals surface area contributed by atoms with Gasteiger partial charge >= 0.3 is 5.97 Å². The first-order valence-corrected chi connectivity index (χ1v) is 10.6. The van der Waals surface area contributed by atoms with Crippen LogP contribution in [-0.4, -0.2) is 58.3 Å². The number of esters is 1. The molecule has 2 aliphatic heterocycles. The summed E-state index contributed by atoms with van der Waals surface area (Å²) >= 11 is 0. The van der Waals surface area contributed by atoms with Gasteiger partial charge in [-0.05, 0) is 37.2 Å². The van der Waals surface area contributed by atoms with Crippen LogP contribution in [0.4, 0.5) is 0 Å². The van der Waals surface area contributed by atoms with Crippen molar-refractivity contribution < 1.29 is 34.4 Å². The summed E-state index contributed by atoms with van der Waals surface area (Å²) in [5.74, 6) is -3.90. The van der Waals surface area contributed by atoms with Gasteiger partial charge in [0.15, 0.2) is 5.78 Å². The molecule has 0 amide bonds. The molecule has 4 saturated carbocycles. The first-order chi connectivity index (χ1) is 13.5. The van der Waals surface area contributed by atoms with Crippen molar-refractivity contribution >= 4 is 11.8 Å². The highest BCUT2D eigenvalue weighted by atomic mass is 16.6. The molecule has 2 heterocycles. The zero-order chi connectivity index (χ0) is 21.0. The molecule has 7 heteroatoms. The van der Waals surface area contributed by atoms with E-state index in [1.54, 1.807) is 0 Å². The SMILES string of the molecule is C=C1C(=O)[C@]23C[C@@H]1C[C@@H](O)[C@H]2[C@]12CCC[C@@](C)(COC(C)=O)[C@H]1[C@H](O)[C@@]3(O)OC2. The van der Waals surface area contributed by atoms with Crippen molar-refractivity contribution in [3.63, 3.8) is 0 Å². The fourth-order valence-corrected chi connectivity index (χ4v) is 8.23. The molecule has 4 bridgehead atoms. The van der Waals surface area contributed by atoms with Crippen LogP contribution in [0.3, 0.4) is 0 Å². The summed E-state index contributed by atoms with van der Waals surface area (Å²) in [7, 11) is 0. The van der Waals surface area contributed by atoms with Crippen molar-refractivity contribution in [2.75, 3.05) is 13.2 Å². The average Bonchev–Trinajstić information content (AvgIpc) is 2.85. The van der Waals surface area contributed by atoms with Gasteiger partial charge in [0, 0.05) is 29.6 Å². The number of carbonyl (C=O) groups excluding carboxylic acids is 2. The zero-order valence-electron chi connectivity index (χ0n) is 17.0. The standard InChI is InChI=1S/C22H30O7/c1-11-13-7-14(24)15-20-6-4-5-19(3,9-28-12(2)23)16(20)18(26)22(27,29-10-20)21(15,8-13)17(11)25/h13-16,18,24,26-27H,1,4-10H2,2-3H3/t13-,14+,15-,16+,18-,19-,20+,21-,22+/m0/s1. The summed E-state index contributed by atoms with van der Waals surface area (Å²) in [6, 6.07) is 0. The Kier molecular flexibility index (Phi) is 3.86. The number of fused-ring (bicyclic) bond motifs is 2. The Morgan fingerprint density at radius 2 is 2.03 bits per heavy atom. The number of hydrogen-bond donors (Lipinski definition) is 3. The topological polar surface area (TPSA) is 113 Å². The van der Waals surface area contributed by atoms with Gasteiger partial charge in [0.25, 0.3) is 0 Å². The Morgan fingerprint density at radius 1 is 1.31 bits per heavy atom. The van der Waals surface area contributed by atoms with Crippen LogP contribution < -0.4 is 0 Å². The van der Waals surface area contributed by atoms with E-state index in [9.17, 15) is 24.9 Å². The first kappa shape index (κ1) is 19.7. The Labute approximate surface area is 170 Å². The van der Waals surface area contributed by atoms with Gasteiger partial charge in [-0.25, -0.2) is 0 Å². The molecule has 2 spiro atoms. The monoisotopic (exact) mass is 406 g/mol. The first-order valence-electron chi connectivity index (χ1n) is 10.6. The van der Waals surface area contributed by atoms with E-state index in [1.807, 2.05) is 6.92 Å². The van der Waals surface area contributed by atoms with E-state index in [-0.39, 0.29) is 24.9 Å². The fourth-order valence-electron chi connectivity index (χ4n) is 8.23. The molecule has 2 saturated heterocycles. The predicted octanol–water partition coefficient (Wildman–Crippen LogP) is 0.948. The summed E-state index contributed by atoms with van der Waals surface area (Å²) in [6.07, 6.45) is 0.925. The molecule has 0 aromatic rings. The third-order valence-corrected chi connectivity index (χ3v) is 9.10. The van der Waals surface area contributed by atoms with Crippen LogP contribution in [0.1, 0.15) is 46.0 Å². The van der Waals surface area contributed by atoms with E-state index in [0.29, 0.717) is 24.8 Å². The summed E-state index contributed by atoms with van der Waals surface area (Å²) in [5.41, 5.74) is -2.19. The van der Waals surface area contributed by atoms with Crippen molar-refractivity contribution in [2.45, 2.75) is 63.9 Å². The number of hydrogen-bond acceptors (Lipinski definition) is 7. The lowest BCUT2D eigenvalue weighted by atomic mass is 9.36. The van der Waals surface area contributed by atoms with Crippen molar-refractivity contribution in [1.29, 1.82) is 0 Å². The van der Waals surface area contributed by atoms with Crippen LogP contribution in [0.2, 0.25) is 0 Å². The normalized spacial score (nSPS) is 55.4. The summed E-state index contributed by atoms with van der Waals surface area (Å²) in [4.78, 5) is 24.9. The van der Waals surface area contributed by atoms with E-state index >= 15 is 0 Å². The van der Waals surface area contributed by atoms with Crippen LogP contribution in [0.25, 0.3) is 0 Å². The minimum absolute atomic E-state index is 0.126. The van der Waals surface area contributed by atoms with E-state index in [1.165, 1.54) is 6.92 Å². The van der Waals surface area contributed by atoms with Crippen LogP contribution in [0, 0.1) is 34.0 Å². The van der Waals surface area contributed by atoms with Gasteiger partial charge in [0.2, 0.25) is 5.79 Å². The molecule has 0 aromatic carbocycles. The highest BCUT2D eigenvalue weighted by Gasteiger charge is 2.84. The lowest BCUT2D eigenvalue weighted by Crippen LogP contribution is -2.83. The third kappa shape index (κ3) is 2.03. The highest BCUT2D eigenvalue weighted by molar-refractivity contribution is 6.04. The molecule has 29 heavy (non-hydrogen) atoms. The van der Waals surface area contributed by atoms with Crippen molar-refractivity contribution in [2.24, 2.45) is 34.0 Å². The second kappa shape index (κ2) is 5.69. The molecule has 6 fully saturated rings. The minimum Gasteiger partial charge on any atom is -0.465 e. The molecule has 0 unspecified atom stereocenters. The Balaban J connectivity index is 1.68. The fraction of sp³-hybridized carbons (Fsp3) is 0.818. The maximum atomic E-state index is 13.4. The molecule has 0 radical (unpaired) electrons. The second-order valence-electron chi connectivity index (χ2n) is 10.4. The molecule has 7 nitrogen and oxygen atoms in total. The smallest absolute Gasteiger partial charge is 0.302 e. The van der Waals surface area contributed by atoms with Crippen molar-refractivity contribution in [3.05, 3.63) is 12.2 Å². The number of aliphatic hydroxyl groups is 3. The van der Waals surface area contributed by atoms with Gasteiger partial charge in [0.05, 0.1) is 24.7 Å². The Morgan fingerprint density at radius 3 is 2.72 bits per heavy atom. The van der Waals surface area contributed by atoms with Crippen molar-refractivity contribution in [1.82, 2.24) is 0 Å². The predicted molar refractivity (Wildman–Crippen MR) is 100 cm³/mol. The van der Waals surface area contributed by atoms with E-state index in [4.69, 9.17) is 9.47 Å². The maximum absolute atomic E-state index is 13.4. The molecule has 6 rings (SSSR count). The van der Waals surface area contributed by atoms with E-state index < -0.39 is 52.0 Å². The molecule has 6 aliphatic rings. The number of Topliss-reactive ketones (excluding diaryl/α,β-unsaturated/α-hetero) is 1. The number of allylic oxidation sites excluding steroid dienone is 1. The molecular weight excluding hydrogens is 376 g/mol. The van der Waals surface area contributed by atoms with Gasteiger partial charge in [-0.3, -0.25) is 9.59 Å². The number of ketones is 1. The Bertz CT molecular complexity index is 809. The van der Waals surface area contributed by atoms with Gasteiger partial charge < -0.3 is 24.8 Å². The van der Waals surface area contributed by atoms with Crippen molar-refractivity contribution in [3.8, 4) is 0 Å². The van der Waals surface area contributed by atoms with E-state index in [2.05, 4.69) is 6.58 Å². The van der Waals surface area contributed by atoms with E-state index in [0.717, 1.165) is 12.8 Å². The van der Waals surface area contributed by atoms with Crippen LogP contribution in [0.5, 0.6) is 0 Å². The quantitative estimate of drug-likeness (QED) is 0.462. The minimum atomic E-state index is -2.07. The second-order valence-corrected chi connectivity index (χ2v) is 10.4. The van der Waals surface area contributed by atoms with Crippen LogP contribution in [0.15, 0.2) is 12.2 Å². The van der Waals surface area contributed by atoms with Crippen LogP contribution in [-0.2, 0) is 19.1 Å². The summed E-state index contributed by atoms with van der Waals surface area (Å²) in [6.45, 7) is 7.57. The molecule has 4 aliphatic carbocycles. The van der Waals surface area contributed by atoms with Gasteiger partial charge in [-0.2, -0.15) is 0 Å². The highest BCUT2D eigenvalue weighted by Crippen LogP contribution is 2.76. The lowest BCUT2D eigenvalue weighted by molar-refractivity contribution is -0.446. The number of rotatable bonds is 2. The third-order valence-electron chi connectivity index (χ3n) is 9.10. The largest absolute Gasteiger partial charge is 0.465 e. The van der Waals surface area contributed by atoms with Crippen LogP contribution >= 0.6 is 0 Å². The maximum Gasteiger partial charge on any atom is 0.302 e. The zero-order valence-corrected chi connectivity index (χ0v) is 17.0. The van der Waals surface area contributed by atoms with Gasteiger partial charge in [0.1, 0.15) is 6.10 Å².